The van der Waals surface area contributed by atoms with E-state index in [1.807, 2.05) is 0 Å². The highest BCUT2D eigenvalue weighted by Gasteiger charge is 2.15. The molecule has 0 aromatic heterocycles. The lowest BCUT2D eigenvalue weighted by Gasteiger charge is -2.05. The first kappa shape index (κ1) is 17.7. The molecule has 0 aliphatic carbocycles. The van der Waals surface area contributed by atoms with E-state index in [4.69, 9.17) is 9.47 Å². The number of rotatable bonds is 4. The molecule has 3 rings (SSSR count). The molecule has 2 amide bonds. The molecule has 26 heavy (non-hydrogen) atoms. The topological polar surface area (TPSA) is 109 Å². The number of phenols is 1. The van der Waals surface area contributed by atoms with E-state index in [1.165, 1.54) is 12.3 Å². The number of phenolic OH excluding ortho intramolecular Hbond substituents is 1. The van der Waals surface area contributed by atoms with Crippen LogP contribution >= 0.6 is 15.9 Å². The number of fused-ring (bicyclic) bond motifs is 1. The maximum atomic E-state index is 11.8. The summed E-state index contributed by atoms with van der Waals surface area (Å²) in [7, 11) is 0. The normalized spacial score (nSPS) is 12.2. The van der Waals surface area contributed by atoms with E-state index < -0.39 is 11.8 Å². The highest BCUT2D eigenvalue weighted by molar-refractivity contribution is 9.10. The molecule has 0 saturated carbocycles. The fourth-order valence-electron chi connectivity index (χ4n) is 2.15. The molecule has 0 fully saturated rings. The molecule has 134 valence electrons. The third-order valence-corrected chi connectivity index (χ3v) is 3.95. The van der Waals surface area contributed by atoms with Gasteiger partial charge in [-0.15, -0.1) is 0 Å². The zero-order chi connectivity index (χ0) is 18.5. The third-order valence-electron chi connectivity index (χ3n) is 3.46. The van der Waals surface area contributed by atoms with E-state index in [9.17, 15) is 14.7 Å². The van der Waals surface area contributed by atoms with E-state index in [0.29, 0.717) is 17.1 Å². The van der Waals surface area contributed by atoms with Crippen molar-refractivity contribution in [2.75, 3.05) is 6.79 Å². The van der Waals surface area contributed by atoms with Crippen molar-refractivity contribution in [1.29, 1.82) is 0 Å². The molecule has 8 nitrogen and oxygen atoms in total. The van der Waals surface area contributed by atoms with E-state index in [-0.39, 0.29) is 19.1 Å². The van der Waals surface area contributed by atoms with Crippen molar-refractivity contribution in [2.24, 2.45) is 5.10 Å². The first-order valence-electron chi connectivity index (χ1n) is 7.51. The van der Waals surface area contributed by atoms with Crippen molar-refractivity contribution < 1.29 is 24.2 Å². The van der Waals surface area contributed by atoms with Gasteiger partial charge in [-0.1, -0.05) is 22.0 Å². The third kappa shape index (κ3) is 4.31. The van der Waals surface area contributed by atoms with Crippen molar-refractivity contribution in [2.45, 2.75) is 6.54 Å². The number of carbonyl (C=O) groups is 2. The second-order valence-electron chi connectivity index (χ2n) is 5.27. The van der Waals surface area contributed by atoms with Gasteiger partial charge in [-0.05, 0) is 35.9 Å². The van der Waals surface area contributed by atoms with Gasteiger partial charge in [0.2, 0.25) is 6.79 Å². The lowest BCUT2D eigenvalue weighted by atomic mass is 10.2. The number of nitrogens with one attached hydrogen (secondary N) is 2. The van der Waals surface area contributed by atoms with Crippen LogP contribution in [0.4, 0.5) is 0 Å². The highest BCUT2D eigenvalue weighted by atomic mass is 79.9. The van der Waals surface area contributed by atoms with Crippen LogP contribution in [0, 0.1) is 0 Å². The molecule has 1 heterocycles. The number of amides is 2. The van der Waals surface area contributed by atoms with Gasteiger partial charge in [0, 0.05) is 16.6 Å². The van der Waals surface area contributed by atoms with Crippen LogP contribution in [0.3, 0.4) is 0 Å². The first-order chi connectivity index (χ1) is 12.5. The molecule has 9 heteroatoms. The number of benzene rings is 2. The lowest BCUT2D eigenvalue weighted by molar-refractivity contribution is -0.139. The van der Waals surface area contributed by atoms with Crippen LogP contribution in [0.5, 0.6) is 17.2 Å². The van der Waals surface area contributed by atoms with Crippen molar-refractivity contribution in [3.05, 3.63) is 52.0 Å². The molecule has 1 aliphatic rings. The predicted molar refractivity (Wildman–Crippen MR) is 96.0 cm³/mol. The standard InChI is InChI=1S/C17H14BrN3O5/c18-12-2-3-13(22)11(6-12)8-20-21-17(24)16(23)19-7-10-1-4-14-15(5-10)26-9-25-14/h1-6,8,22H,7,9H2,(H,19,23)(H,21,24)/b20-8+. The fraction of sp³-hybridized carbons (Fsp3) is 0.118. The zero-order valence-corrected chi connectivity index (χ0v) is 14.9. The Bertz CT molecular complexity index is 885. The number of carbonyl (C=O) groups excluding carboxylic acids is 2. The Morgan fingerprint density at radius 1 is 1.15 bits per heavy atom. The summed E-state index contributed by atoms with van der Waals surface area (Å²) >= 11 is 3.26. The Balaban J connectivity index is 1.51. The van der Waals surface area contributed by atoms with Crippen LogP contribution in [0.25, 0.3) is 0 Å². The van der Waals surface area contributed by atoms with Crippen molar-refractivity contribution in [1.82, 2.24) is 10.7 Å². The number of aromatic hydroxyl groups is 1. The van der Waals surface area contributed by atoms with Crippen LogP contribution in [-0.4, -0.2) is 29.9 Å². The van der Waals surface area contributed by atoms with Gasteiger partial charge in [0.05, 0.1) is 6.21 Å². The molecule has 0 bridgehead atoms. The molecule has 0 atom stereocenters. The minimum absolute atomic E-state index is 0.00143. The van der Waals surface area contributed by atoms with E-state index >= 15 is 0 Å². The van der Waals surface area contributed by atoms with Gasteiger partial charge in [0.15, 0.2) is 11.5 Å². The number of halogens is 1. The summed E-state index contributed by atoms with van der Waals surface area (Å²) in [6, 6.07) is 9.98. The van der Waals surface area contributed by atoms with Crippen LogP contribution in [0.2, 0.25) is 0 Å². The smallest absolute Gasteiger partial charge is 0.329 e. The molecular weight excluding hydrogens is 406 g/mol. The van der Waals surface area contributed by atoms with Crippen LogP contribution < -0.4 is 20.2 Å². The number of hydrogen-bond donors (Lipinski definition) is 3. The number of ether oxygens (including phenoxy) is 2. The highest BCUT2D eigenvalue weighted by Crippen LogP contribution is 2.32. The van der Waals surface area contributed by atoms with E-state index in [2.05, 4.69) is 31.8 Å². The fourth-order valence-corrected chi connectivity index (χ4v) is 2.53. The summed E-state index contributed by atoms with van der Waals surface area (Å²) < 4.78 is 11.2. The van der Waals surface area contributed by atoms with Gasteiger partial charge in [-0.3, -0.25) is 9.59 Å². The summed E-state index contributed by atoms with van der Waals surface area (Å²) in [5.41, 5.74) is 3.25. The van der Waals surface area contributed by atoms with Crippen LogP contribution in [0.1, 0.15) is 11.1 Å². The Kier molecular flexibility index (Phi) is 5.37. The Morgan fingerprint density at radius 3 is 2.81 bits per heavy atom. The molecule has 2 aromatic rings. The summed E-state index contributed by atoms with van der Waals surface area (Å²) in [5, 5.41) is 15.8. The minimum atomic E-state index is -0.920. The Labute approximate surface area is 156 Å². The SMILES string of the molecule is O=C(NCc1ccc2c(c1)OCO2)C(=O)N/N=C/c1cc(Br)ccc1O. The average molecular weight is 420 g/mol. The molecule has 1 aliphatic heterocycles. The van der Waals surface area contributed by atoms with Crippen molar-refractivity contribution in [3.8, 4) is 17.2 Å². The van der Waals surface area contributed by atoms with E-state index in [0.717, 1.165) is 10.0 Å². The Morgan fingerprint density at radius 2 is 1.96 bits per heavy atom. The maximum Gasteiger partial charge on any atom is 0.329 e. The molecule has 0 spiro atoms. The predicted octanol–water partition coefficient (Wildman–Crippen LogP) is 1.65. The molecule has 2 aromatic carbocycles. The Hall–Kier alpha value is -3.07. The molecule has 3 N–H and O–H groups in total. The molecule has 0 saturated heterocycles. The lowest BCUT2D eigenvalue weighted by Crippen LogP contribution is -2.37. The second kappa shape index (κ2) is 7.87. The largest absolute Gasteiger partial charge is 0.507 e. The van der Waals surface area contributed by atoms with Crippen molar-refractivity contribution in [3.63, 3.8) is 0 Å². The summed E-state index contributed by atoms with van der Waals surface area (Å²) in [5.74, 6) is -0.518. The average Bonchev–Trinajstić information content (AvgIpc) is 3.10. The molecular formula is C17H14BrN3O5. The van der Waals surface area contributed by atoms with E-state index in [1.54, 1.807) is 30.3 Å². The number of hydrazone groups is 1. The maximum absolute atomic E-state index is 11.8. The van der Waals surface area contributed by atoms with Crippen LogP contribution in [-0.2, 0) is 16.1 Å². The minimum Gasteiger partial charge on any atom is -0.507 e. The monoisotopic (exact) mass is 419 g/mol. The van der Waals surface area contributed by atoms with Crippen LogP contribution in [0.15, 0.2) is 46.0 Å². The summed E-state index contributed by atoms with van der Waals surface area (Å²) in [4.78, 5) is 23.5. The number of nitrogens with zero attached hydrogens (tertiary/aromatic N) is 1. The van der Waals surface area contributed by atoms with Gasteiger partial charge in [0.25, 0.3) is 0 Å². The zero-order valence-electron chi connectivity index (χ0n) is 13.4. The second-order valence-corrected chi connectivity index (χ2v) is 6.19. The molecule has 0 unspecified atom stereocenters. The summed E-state index contributed by atoms with van der Waals surface area (Å²) in [6.45, 7) is 0.318. The van der Waals surface area contributed by atoms with Gasteiger partial charge in [-0.25, -0.2) is 5.43 Å². The van der Waals surface area contributed by atoms with Gasteiger partial charge >= 0.3 is 11.8 Å². The van der Waals surface area contributed by atoms with Gasteiger partial charge in [-0.2, -0.15) is 5.10 Å². The quantitative estimate of drug-likeness (QED) is 0.396. The first-order valence-corrected chi connectivity index (χ1v) is 8.30. The van der Waals surface area contributed by atoms with Gasteiger partial charge in [0.1, 0.15) is 5.75 Å². The van der Waals surface area contributed by atoms with Crippen molar-refractivity contribution >= 4 is 34.0 Å². The van der Waals surface area contributed by atoms with Gasteiger partial charge < -0.3 is 19.9 Å². The summed E-state index contributed by atoms with van der Waals surface area (Å²) in [6.07, 6.45) is 1.24. The molecule has 0 radical (unpaired) electrons. The number of hydrogen-bond acceptors (Lipinski definition) is 6.